The molecule has 1 unspecified atom stereocenters. The third-order valence-electron chi connectivity index (χ3n) is 2.59. The van der Waals surface area contributed by atoms with Crippen LogP contribution in [0.5, 0.6) is 5.75 Å². The van der Waals surface area contributed by atoms with Crippen LogP contribution in [-0.4, -0.2) is 25.3 Å². The first-order valence-electron chi connectivity index (χ1n) is 6.39. The van der Waals surface area contributed by atoms with Crippen molar-refractivity contribution in [3.05, 3.63) is 29.8 Å². The molecule has 0 radical (unpaired) electrons. The molecule has 1 atom stereocenters. The highest BCUT2D eigenvalue weighted by Crippen LogP contribution is 2.16. The quantitative estimate of drug-likeness (QED) is 0.820. The van der Waals surface area contributed by atoms with Crippen LogP contribution in [0.15, 0.2) is 24.3 Å². The Morgan fingerprint density at radius 2 is 2.16 bits per heavy atom. The van der Waals surface area contributed by atoms with Gasteiger partial charge in [-0.3, -0.25) is 5.32 Å². The second-order valence-corrected chi connectivity index (χ2v) is 5.11. The number of nitrogens with zero attached hydrogens (tertiary/aromatic N) is 1. The molecular formula is C15H22N2O2. The van der Waals surface area contributed by atoms with E-state index in [0.29, 0.717) is 13.2 Å². The van der Waals surface area contributed by atoms with E-state index in [2.05, 4.69) is 11.4 Å². The fraction of sp³-hybridized carbons (Fsp3) is 0.533. The maximum Gasteiger partial charge on any atom is 0.138 e. The molecule has 19 heavy (non-hydrogen) atoms. The van der Waals surface area contributed by atoms with Crippen molar-refractivity contribution in [1.82, 2.24) is 5.32 Å². The number of nitrogens with one attached hydrogen (secondary N) is 1. The molecule has 0 aromatic heterocycles. The Morgan fingerprint density at radius 3 is 2.74 bits per heavy atom. The molecular weight excluding hydrogens is 240 g/mol. The van der Waals surface area contributed by atoms with Crippen LogP contribution in [0.3, 0.4) is 0 Å². The van der Waals surface area contributed by atoms with Crippen molar-refractivity contribution in [3.8, 4) is 11.8 Å². The van der Waals surface area contributed by atoms with Crippen LogP contribution in [0, 0.1) is 11.3 Å². The normalized spacial score (nSPS) is 13.9. The van der Waals surface area contributed by atoms with E-state index in [-0.39, 0.29) is 6.04 Å². The largest absolute Gasteiger partial charge is 0.491 e. The van der Waals surface area contributed by atoms with Crippen LogP contribution in [0.25, 0.3) is 0 Å². The Labute approximate surface area is 115 Å². The highest BCUT2D eigenvalue weighted by Gasteiger charge is 2.25. The lowest BCUT2D eigenvalue weighted by Gasteiger charge is -2.25. The zero-order valence-corrected chi connectivity index (χ0v) is 12.1. The predicted molar refractivity (Wildman–Crippen MR) is 74.9 cm³/mol. The van der Waals surface area contributed by atoms with Crippen LogP contribution in [0.1, 0.15) is 26.3 Å². The fourth-order valence-corrected chi connectivity index (χ4v) is 1.86. The second-order valence-electron chi connectivity index (χ2n) is 5.11. The number of ether oxygens (including phenoxy) is 2. The topological polar surface area (TPSA) is 54.3 Å². The van der Waals surface area contributed by atoms with E-state index < -0.39 is 5.54 Å². The van der Waals surface area contributed by atoms with Crippen LogP contribution in [0.4, 0.5) is 0 Å². The van der Waals surface area contributed by atoms with Crippen molar-refractivity contribution < 1.29 is 9.47 Å². The van der Waals surface area contributed by atoms with Gasteiger partial charge in [0, 0.05) is 13.2 Å². The smallest absolute Gasteiger partial charge is 0.138 e. The van der Waals surface area contributed by atoms with Crippen LogP contribution < -0.4 is 10.1 Å². The van der Waals surface area contributed by atoms with Crippen molar-refractivity contribution in [2.45, 2.75) is 39.0 Å². The fourth-order valence-electron chi connectivity index (χ4n) is 1.86. The van der Waals surface area contributed by atoms with Gasteiger partial charge in [0.15, 0.2) is 0 Å². The van der Waals surface area contributed by atoms with E-state index in [1.165, 1.54) is 0 Å². The number of nitriles is 1. The van der Waals surface area contributed by atoms with E-state index in [1.807, 2.05) is 45.0 Å². The molecule has 104 valence electrons. The Balaban J connectivity index is 2.64. The number of hydrogen-bond acceptors (Lipinski definition) is 4. The summed E-state index contributed by atoms with van der Waals surface area (Å²) in [6.45, 7) is 6.71. The summed E-state index contributed by atoms with van der Waals surface area (Å²) in [5, 5.41) is 12.4. The summed E-state index contributed by atoms with van der Waals surface area (Å²) in [6, 6.07) is 10.2. The van der Waals surface area contributed by atoms with Gasteiger partial charge in [0.05, 0.1) is 12.7 Å². The molecule has 1 N–H and O–H groups in total. The predicted octanol–water partition coefficient (Wildman–Crippen LogP) is 2.49. The first kappa shape index (κ1) is 15.5. The molecule has 0 amide bonds. The monoisotopic (exact) mass is 262 g/mol. The molecule has 4 heteroatoms. The molecule has 0 aliphatic heterocycles. The highest BCUT2D eigenvalue weighted by atomic mass is 16.5. The molecule has 1 aromatic rings. The summed E-state index contributed by atoms with van der Waals surface area (Å²) >= 11 is 0. The Hall–Kier alpha value is -1.57. The van der Waals surface area contributed by atoms with Crippen molar-refractivity contribution in [1.29, 1.82) is 5.26 Å². The number of rotatable bonds is 7. The van der Waals surface area contributed by atoms with E-state index in [1.54, 1.807) is 7.11 Å². The van der Waals surface area contributed by atoms with Gasteiger partial charge in [-0.2, -0.15) is 5.26 Å². The van der Waals surface area contributed by atoms with Gasteiger partial charge in [-0.25, -0.2) is 0 Å². The Bertz CT molecular complexity index is 440. The molecule has 0 saturated heterocycles. The summed E-state index contributed by atoms with van der Waals surface area (Å²) in [4.78, 5) is 0. The summed E-state index contributed by atoms with van der Waals surface area (Å²) in [6.07, 6.45) is 0. The van der Waals surface area contributed by atoms with Gasteiger partial charge in [-0.1, -0.05) is 12.1 Å². The summed E-state index contributed by atoms with van der Waals surface area (Å²) in [5.41, 5.74) is 0.362. The van der Waals surface area contributed by atoms with Gasteiger partial charge in [0.2, 0.25) is 0 Å². The average Bonchev–Trinajstić information content (AvgIpc) is 2.37. The lowest BCUT2D eigenvalue weighted by molar-refractivity contribution is 0.184. The lowest BCUT2D eigenvalue weighted by atomic mass is 10.1. The molecule has 1 rings (SSSR count). The molecule has 0 aliphatic rings. The van der Waals surface area contributed by atoms with Gasteiger partial charge < -0.3 is 9.47 Å². The van der Waals surface area contributed by atoms with Crippen LogP contribution in [-0.2, 0) is 11.3 Å². The van der Waals surface area contributed by atoms with Crippen molar-refractivity contribution in [2.24, 2.45) is 0 Å². The molecule has 1 aromatic carbocycles. The van der Waals surface area contributed by atoms with E-state index in [9.17, 15) is 5.26 Å². The van der Waals surface area contributed by atoms with E-state index in [4.69, 9.17) is 9.47 Å². The second kappa shape index (κ2) is 7.13. The van der Waals surface area contributed by atoms with Gasteiger partial charge in [-0.05, 0) is 38.5 Å². The molecule has 0 saturated carbocycles. The summed E-state index contributed by atoms with van der Waals surface area (Å²) < 4.78 is 10.8. The Morgan fingerprint density at radius 1 is 1.42 bits per heavy atom. The zero-order valence-electron chi connectivity index (χ0n) is 12.1. The maximum absolute atomic E-state index is 9.24. The molecule has 0 fully saturated rings. The molecule has 4 nitrogen and oxygen atoms in total. The molecule has 0 spiro atoms. The SMILES string of the molecule is COCc1cccc(OCC(C)(C#N)NC(C)C)c1. The standard InChI is InChI=1S/C15H22N2O2/c1-12(2)17-15(3,10-16)11-19-14-7-5-6-13(8-14)9-18-4/h5-8,12,17H,9,11H2,1-4H3. The van der Waals surface area contributed by atoms with Crippen molar-refractivity contribution in [2.75, 3.05) is 13.7 Å². The number of benzene rings is 1. The van der Waals surface area contributed by atoms with Crippen molar-refractivity contribution >= 4 is 0 Å². The summed E-state index contributed by atoms with van der Waals surface area (Å²) in [7, 11) is 1.66. The summed E-state index contributed by atoms with van der Waals surface area (Å²) in [5.74, 6) is 0.751. The molecule has 0 bridgehead atoms. The lowest BCUT2D eigenvalue weighted by Crippen LogP contribution is -2.49. The molecule has 0 heterocycles. The van der Waals surface area contributed by atoms with Gasteiger partial charge >= 0.3 is 0 Å². The van der Waals surface area contributed by atoms with E-state index >= 15 is 0 Å². The zero-order chi connectivity index (χ0) is 14.3. The maximum atomic E-state index is 9.24. The first-order chi connectivity index (χ1) is 8.99. The Kier molecular flexibility index (Phi) is 5.81. The third-order valence-corrected chi connectivity index (χ3v) is 2.59. The number of hydrogen-bond donors (Lipinski definition) is 1. The van der Waals surface area contributed by atoms with Gasteiger partial charge in [0.25, 0.3) is 0 Å². The van der Waals surface area contributed by atoms with Crippen LogP contribution in [0.2, 0.25) is 0 Å². The molecule has 0 aliphatic carbocycles. The van der Waals surface area contributed by atoms with Crippen molar-refractivity contribution in [3.63, 3.8) is 0 Å². The minimum absolute atomic E-state index is 0.230. The minimum atomic E-state index is -0.689. The average molecular weight is 262 g/mol. The third kappa shape index (κ3) is 5.29. The van der Waals surface area contributed by atoms with Gasteiger partial charge in [0.1, 0.15) is 17.9 Å². The van der Waals surface area contributed by atoms with Crippen LogP contribution >= 0.6 is 0 Å². The first-order valence-corrected chi connectivity index (χ1v) is 6.39. The number of methoxy groups -OCH3 is 1. The minimum Gasteiger partial charge on any atom is -0.491 e. The van der Waals surface area contributed by atoms with E-state index in [0.717, 1.165) is 11.3 Å². The highest BCUT2D eigenvalue weighted by molar-refractivity contribution is 5.28. The van der Waals surface area contributed by atoms with Gasteiger partial charge in [-0.15, -0.1) is 0 Å².